The minimum absolute atomic E-state index is 0.469. The van der Waals surface area contributed by atoms with Crippen molar-refractivity contribution in [3.63, 3.8) is 0 Å². The molecule has 104 valence electrons. The van der Waals surface area contributed by atoms with E-state index in [0.717, 1.165) is 44.5 Å². The SMILES string of the molecule is CCCNCCCc1nnc(-c2ccc(CC)o2)o1. The van der Waals surface area contributed by atoms with Gasteiger partial charge >= 0.3 is 0 Å². The van der Waals surface area contributed by atoms with Gasteiger partial charge in [0.2, 0.25) is 5.89 Å². The molecular weight excluding hydrogens is 242 g/mol. The molecule has 0 amide bonds. The van der Waals surface area contributed by atoms with Crippen LogP contribution in [-0.4, -0.2) is 23.3 Å². The molecule has 0 aliphatic carbocycles. The molecule has 0 bridgehead atoms. The van der Waals surface area contributed by atoms with E-state index in [1.807, 2.05) is 19.1 Å². The molecule has 0 radical (unpaired) electrons. The van der Waals surface area contributed by atoms with E-state index in [4.69, 9.17) is 8.83 Å². The van der Waals surface area contributed by atoms with Crippen LogP contribution in [-0.2, 0) is 12.8 Å². The Morgan fingerprint density at radius 3 is 2.74 bits per heavy atom. The van der Waals surface area contributed by atoms with Gasteiger partial charge in [-0.3, -0.25) is 0 Å². The van der Waals surface area contributed by atoms with Gasteiger partial charge in [-0.2, -0.15) is 0 Å². The van der Waals surface area contributed by atoms with Gasteiger partial charge in [-0.05, 0) is 38.1 Å². The maximum Gasteiger partial charge on any atom is 0.283 e. The van der Waals surface area contributed by atoms with Gasteiger partial charge in [0, 0.05) is 12.8 Å². The van der Waals surface area contributed by atoms with Gasteiger partial charge in [0.15, 0.2) is 5.76 Å². The molecule has 0 aliphatic heterocycles. The summed E-state index contributed by atoms with van der Waals surface area (Å²) in [4.78, 5) is 0. The zero-order valence-electron chi connectivity index (χ0n) is 11.6. The molecule has 1 N–H and O–H groups in total. The average Bonchev–Trinajstić information content (AvgIpc) is 3.07. The number of rotatable bonds is 8. The zero-order chi connectivity index (χ0) is 13.5. The van der Waals surface area contributed by atoms with Crippen LogP contribution in [0, 0.1) is 0 Å². The lowest BCUT2D eigenvalue weighted by molar-refractivity contribution is 0.461. The first-order chi connectivity index (χ1) is 9.33. The summed E-state index contributed by atoms with van der Waals surface area (Å²) in [6.45, 7) is 6.24. The first-order valence-corrected chi connectivity index (χ1v) is 6.95. The van der Waals surface area contributed by atoms with Gasteiger partial charge < -0.3 is 14.2 Å². The molecule has 5 heteroatoms. The van der Waals surface area contributed by atoms with E-state index < -0.39 is 0 Å². The Morgan fingerprint density at radius 1 is 1.11 bits per heavy atom. The predicted molar refractivity (Wildman–Crippen MR) is 72.9 cm³/mol. The minimum Gasteiger partial charge on any atom is -0.456 e. The summed E-state index contributed by atoms with van der Waals surface area (Å²) in [6, 6.07) is 3.81. The van der Waals surface area contributed by atoms with Crippen molar-refractivity contribution in [1.29, 1.82) is 0 Å². The van der Waals surface area contributed by atoms with Gasteiger partial charge in [0.1, 0.15) is 5.76 Å². The molecule has 0 saturated carbocycles. The molecule has 2 aromatic rings. The Morgan fingerprint density at radius 2 is 2.00 bits per heavy atom. The molecule has 0 unspecified atom stereocenters. The van der Waals surface area contributed by atoms with Crippen molar-refractivity contribution < 1.29 is 8.83 Å². The molecule has 0 saturated heterocycles. The lowest BCUT2D eigenvalue weighted by Crippen LogP contribution is -2.16. The van der Waals surface area contributed by atoms with Crippen molar-refractivity contribution >= 4 is 0 Å². The second kappa shape index (κ2) is 7.09. The van der Waals surface area contributed by atoms with Crippen molar-refractivity contribution in [2.75, 3.05) is 13.1 Å². The van der Waals surface area contributed by atoms with E-state index in [9.17, 15) is 0 Å². The van der Waals surface area contributed by atoms with E-state index in [-0.39, 0.29) is 0 Å². The van der Waals surface area contributed by atoms with Crippen LogP contribution in [0.2, 0.25) is 0 Å². The molecule has 0 spiro atoms. The van der Waals surface area contributed by atoms with Crippen LogP contribution in [0.1, 0.15) is 38.3 Å². The average molecular weight is 263 g/mol. The molecular formula is C14H21N3O2. The van der Waals surface area contributed by atoms with Crippen LogP contribution in [0.5, 0.6) is 0 Å². The van der Waals surface area contributed by atoms with Crippen LogP contribution in [0.15, 0.2) is 21.0 Å². The Hall–Kier alpha value is -1.62. The minimum atomic E-state index is 0.469. The normalized spacial score (nSPS) is 11.1. The predicted octanol–water partition coefficient (Wildman–Crippen LogP) is 2.82. The van der Waals surface area contributed by atoms with Crippen molar-refractivity contribution in [2.24, 2.45) is 0 Å². The molecule has 2 heterocycles. The van der Waals surface area contributed by atoms with Crippen LogP contribution < -0.4 is 5.32 Å². The number of furan rings is 1. The van der Waals surface area contributed by atoms with E-state index in [1.54, 1.807) is 0 Å². The van der Waals surface area contributed by atoms with Crippen molar-refractivity contribution in [2.45, 2.75) is 39.5 Å². The molecule has 0 aromatic carbocycles. The van der Waals surface area contributed by atoms with E-state index in [0.29, 0.717) is 17.5 Å². The Bertz CT molecular complexity index is 490. The molecule has 0 aliphatic rings. The summed E-state index contributed by atoms with van der Waals surface area (Å²) in [7, 11) is 0. The largest absolute Gasteiger partial charge is 0.456 e. The monoisotopic (exact) mass is 263 g/mol. The summed E-state index contributed by atoms with van der Waals surface area (Å²) >= 11 is 0. The molecule has 2 aromatic heterocycles. The molecule has 0 atom stereocenters. The Labute approximate surface area is 113 Å². The molecule has 5 nitrogen and oxygen atoms in total. The van der Waals surface area contributed by atoms with Crippen molar-refractivity contribution in [1.82, 2.24) is 15.5 Å². The van der Waals surface area contributed by atoms with Crippen molar-refractivity contribution in [3.05, 3.63) is 23.8 Å². The highest BCUT2D eigenvalue weighted by Gasteiger charge is 2.11. The van der Waals surface area contributed by atoms with Gasteiger partial charge in [-0.15, -0.1) is 10.2 Å². The first kappa shape index (κ1) is 13.8. The fourth-order valence-corrected chi connectivity index (χ4v) is 1.80. The van der Waals surface area contributed by atoms with Crippen molar-refractivity contribution in [3.8, 4) is 11.7 Å². The topological polar surface area (TPSA) is 64.1 Å². The highest BCUT2D eigenvalue weighted by Crippen LogP contribution is 2.21. The lowest BCUT2D eigenvalue weighted by atomic mass is 10.3. The third kappa shape index (κ3) is 3.92. The van der Waals surface area contributed by atoms with Crippen LogP contribution in [0.3, 0.4) is 0 Å². The fraction of sp³-hybridized carbons (Fsp3) is 0.571. The Balaban J connectivity index is 1.84. The molecule has 2 rings (SSSR count). The summed E-state index contributed by atoms with van der Waals surface area (Å²) in [5, 5.41) is 11.4. The summed E-state index contributed by atoms with van der Waals surface area (Å²) in [6.07, 6.45) is 3.82. The zero-order valence-corrected chi connectivity index (χ0v) is 11.6. The van der Waals surface area contributed by atoms with Gasteiger partial charge in [0.05, 0.1) is 0 Å². The smallest absolute Gasteiger partial charge is 0.283 e. The van der Waals surface area contributed by atoms with E-state index in [2.05, 4.69) is 22.4 Å². The Kier molecular flexibility index (Phi) is 5.15. The summed E-state index contributed by atoms with van der Waals surface area (Å²) < 4.78 is 11.2. The van der Waals surface area contributed by atoms with Gasteiger partial charge in [-0.25, -0.2) is 0 Å². The van der Waals surface area contributed by atoms with Gasteiger partial charge in [-0.1, -0.05) is 13.8 Å². The standard InChI is InChI=1S/C14H21N3O2/c1-3-9-15-10-5-6-13-16-17-14(19-13)12-8-7-11(4-2)18-12/h7-8,15H,3-6,9-10H2,1-2H3. The number of aryl methyl sites for hydroxylation is 2. The van der Waals surface area contributed by atoms with Crippen LogP contribution in [0.25, 0.3) is 11.7 Å². The maximum atomic E-state index is 5.59. The number of aromatic nitrogens is 2. The quantitative estimate of drug-likeness (QED) is 0.742. The number of nitrogens with zero attached hydrogens (tertiary/aromatic N) is 2. The molecule has 0 fully saturated rings. The second-order valence-corrected chi connectivity index (χ2v) is 4.47. The van der Waals surface area contributed by atoms with Crippen LogP contribution in [0.4, 0.5) is 0 Å². The van der Waals surface area contributed by atoms with Crippen LogP contribution >= 0.6 is 0 Å². The van der Waals surface area contributed by atoms with E-state index >= 15 is 0 Å². The maximum absolute atomic E-state index is 5.59. The van der Waals surface area contributed by atoms with Gasteiger partial charge in [0.25, 0.3) is 5.89 Å². The number of hydrogen-bond acceptors (Lipinski definition) is 5. The highest BCUT2D eigenvalue weighted by molar-refractivity contribution is 5.43. The fourth-order valence-electron chi connectivity index (χ4n) is 1.80. The molecule has 19 heavy (non-hydrogen) atoms. The number of nitrogens with one attached hydrogen (secondary N) is 1. The third-order valence-electron chi connectivity index (χ3n) is 2.86. The summed E-state index contributed by atoms with van der Waals surface area (Å²) in [5.74, 6) is 2.72. The first-order valence-electron chi connectivity index (χ1n) is 6.95. The second-order valence-electron chi connectivity index (χ2n) is 4.47. The summed E-state index contributed by atoms with van der Waals surface area (Å²) in [5.41, 5.74) is 0. The number of hydrogen-bond donors (Lipinski definition) is 1. The highest BCUT2D eigenvalue weighted by atomic mass is 16.4. The third-order valence-corrected chi connectivity index (χ3v) is 2.86. The van der Waals surface area contributed by atoms with E-state index in [1.165, 1.54) is 0 Å². The lowest BCUT2D eigenvalue weighted by Gasteiger charge is -1.99.